The quantitative estimate of drug-likeness (QED) is 0.815. The predicted molar refractivity (Wildman–Crippen MR) is 74.4 cm³/mol. The standard InChI is InChI=1S/C13H14N2O2S/c16-12-6-7-13(17)15(14-12)8-11(9-18)10-4-2-1-3-5-10/h1-7,11,18H,8-9H2,(H,14,16). The number of aromatic amines is 1. The number of hydrogen-bond donors (Lipinski definition) is 2. The first-order valence-corrected chi connectivity index (χ1v) is 6.30. The molecule has 0 saturated carbocycles. The first-order chi connectivity index (χ1) is 8.70. The average Bonchev–Trinajstić information content (AvgIpc) is 2.41. The van der Waals surface area contributed by atoms with E-state index in [9.17, 15) is 9.59 Å². The summed E-state index contributed by atoms with van der Waals surface area (Å²) in [6.45, 7) is 0.419. The van der Waals surface area contributed by atoms with Crippen molar-refractivity contribution in [2.24, 2.45) is 0 Å². The highest BCUT2D eigenvalue weighted by Crippen LogP contribution is 2.17. The molecule has 1 aromatic heterocycles. The second-order valence-electron chi connectivity index (χ2n) is 4.05. The minimum atomic E-state index is -0.277. The molecule has 0 amide bonds. The lowest BCUT2D eigenvalue weighted by atomic mass is 10.0. The van der Waals surface area contributed by atoms with E-state index in [1.54, 1.807) is 0 Å². The largest absolute Gasteiger partial charge is 0.268 e. The number of hydrogen-bond acceptors (Lipinski definition) is 3. The number of aromatic nitrogens is 2. The van der Waals surface area contributed by atoms with Gasteiger partial charge in [-0.25, -0.2) is 4.68 Å². The second-order valence-corrected chi connectivity index (χ2v) is 4.41. The fourth-order valence-corrected chi connectivity index (χ4v) is 2.14. The molecule has 2 aromatic rings. The normalized spacial score (nSPS) is 12.3. The van der Waals surface area contributed by atoms with E-state index in [2.05, 4.69) is 17.7 Å². The van der Waals surface area contributed by atoms with E-state index in [0.717, 1.165) is 5.56 Å². The van der Waals surface area contributed by atoms with E-state index in [-0.39, 0.29) is 17.0 Å². The zero-order valence-electron chi connectivity index (χ0n) is 9.74. The Hall–Kier alpha value is -1.75. The van der Waals surface area contributed by atoms with Gasteiger partial charge in [-0.2, -0.15) is 12.6 Å². The first kappa shape index (κ1) is 12.7. The van der Waals surface area contributed by atoms with E-state index < -0.39 is 0 Å². The van der Waals surface area contributed by atoms with Crippen molar-refractivity contribution >= 4 is 12.6 Å². The highest BCUT2D eigenvalue weighted by atomic mass is 32.1. The van der Waals surface area contributed by atoms with Crippen molar-refractivity contribution in [3.8, 4) is 0 Å². The minimum absolute atomic E-state index is 0.0882. The highest BCUT2D eigenvalue weighted by molar-refractivity contribution is 7.80. The smallest absolute Gasteiger partial charge is 0.265 e. The summed E-state index contributed by atoms with van der Waals surface area (Å²) in [6.07, 6.45) is 0. The molecule has 0 saturated heterocycles. The number of benzene rings is 1. The van der Waals surface area contributed by atoms with Gasteiger partial charge in [-0.1, -0.05) is 30.3 Å². The van der Waals surface area contributed by atoms with Gasteiger partial charge < -0.3 is 0 Å². The Morgan fingerprint density at radius 2 is 1.83 bits per heavy atom. The maximum atomic E-state index is 11.6. The van der Waals surface area contributed by atoms with Crippen LogP contribution in [0.25, 0.3) is 0 Å². The number of rotatable bonds is 4. The van der Waals surface area contributed by atoms with Crippen molar-refractivity contribution in [1.82, 2.24) is 9.78 Å². The van der Waals surface area contributed by atoms with Gasteiger partial charge in [0.15, 0.2) is 0 Å². The number of thiol groups is 1. The monoisotopic (exact) mass is 262 g/mol. The van der Waals surface area contributed by atoms with E-state index in [1.165, 1.54) is 16.8 Å². The summed E-state index contributed by atoms with van der Waals surface area (Å²) >= 11 is 4.31. The maximum Gasteiger partial charge on any atom is 0.265 e. The van der Waals surface area contributed by atoms with Gasteiger partial charge in [-0.3, -0.25) is 14.7 Å². The predicted octanol–water partition coefficient (Wildman–Crippen LogP) is 1.25. The Bertz CT molecular complexity index is 619. The summed E-state index contributed by atoms with van der Waals surface area (Å²) in [5, 5.41) is 2.52. The lowest BCUT2D eigenvalue weighted by molar-refractivity contribution is 0.516. The molecule has 4 nitrogen and oxygen atoms in total. The molecule has 2 rings (SSSR count). The summed E-state index contributed by atoms with van der Waals surface area (Å²) < 4.78 is 1.33. The molecule has 0 spiro atoms. The summed E-state index contributed by atoms with van der Waals surface area (Å²) in [5.74, 6) is 0.693. The fourth-order valence-electron chi connectivity index (χ4n) is 1.81. The maximum absolute atomic E-state index is 11.6. The van der Waals surface area contributed by atoms with Gasteiger partial charge in [-0.15, -0.1) is 0 Å². The first-order valence-electron chi connectivity index (χ1n) is 5.66. The lowest BCUT2D eigenvalue weighted by Crippen LogP contribution is -2.30. The average molecular weight is 262 g/mol. The van der Waals surface area contributed by atoms with Crippen molar-refractivity contribution in [3.63, 3.8) is 0 Å². The van der Waals surface area contributed by atoms with Crippen LogP contribution in [0.1, 0.15) is 11.5 Å². The molecule has 0 aliphatic rings. The van der Waals surface area contributed by atoms with Gasteiger partial charge in [0.05, 0.1) is 6.54 Å². The Balaban J connectivity index is 2.29. The van der Waals surface area contributed by atoms with E-state index in [1.807, 2.05) is 30.3 Å². The van der Waals surface area contributed by atoms with Crippen LogP contribution in [0.3, 0.4) is 0 Å². The number of H-pyrrole nitrogens is 1. The van der Waals surface area contributed by atoms with Crippen LogP contribution in [-0.2, 0) is 6.54 Å². The molecule has 1 heterocycles. The Labute approximate surface area is 110 Å². The van der Waals surface area contributed by atoms with Crippen LogP contribution in [0.4, 0.5) is 0 Å². The molecule has 1 N–H and O–H groups in total. The van der Waals surface area contributed by atoms with Crippen molar-refractivity contribution in [3.05, 3.63) is 68.7 Å². The molecule has 0 radical (unpaired) electrons. The molecule has 18 heavy (non-hydrogen) atoms. The molecule has 0 aliphatic carbocycles. The van der Waals surface area contributed by atoms with Gasteiger partial charge in [-0.05, 0) is 11.3 Å². The van der Waals surface area contributed by atoms with Gasteiger partial charge in [0.1, 0.15) is 0 Å². The highest BCUT2D eigenvalue weighted by Gasteiger charge is 2.11. The van der Waals surface area contributed by atoms with Crippen molar-refractivity contribution < 1.29 is 0 Å². The summed E-state index contributed by atoms with van der Waals surface area (Å²) in [7, 11) is 0. The van der Waals surface area contributed by atoms with E-state index in [4.69, 9.17) is 0 Å². The van der Waals surface area contributed by atoms with E-state index >= 15 is 0 Å². The van der Waals surface area contributed by atoms with Crippen LogP contribution in [-0.4, -0.2) is 15.5 Å². The van der Waals surface area contributed by atoms with Crippen LogP contribution in [0, 0.1) is 0 Å². The topological polar surface area (TPSA) is 54.9 Å². The number of nitrogens with one attached hydrogen (secondary N) is 1. The summed E-state index contributed by atoms with van der Waals surface area (Å²) in [5.41, 5.74) is 0.613. The van der Waals surface area contributed by atoms with E-state index in [0.29, 0.717) is 12.3 Å². The zero-order valence-corrected chi connectivity index (χ0v) is 10.6. The van der Waals surface area contributed by atoms with Crippen LogP contribution in [0.5, 0.6) is 0 Å². The third kappa shape index (κ3) is 2.92. The molecular weight excluding hydrogens is 248 g/mol. The SMILES string of the molecule is O=c1ccc(=O)n(CC(CS)c2ccccc2)[nH]1. The van der Waals surface area contributed by atoms with Crippen LogP contribution >= 0.6 is 12.6 Å². The van der Waals surface area contributed by atoms with Gasteiger partial charge >= 0.3 is 0 Å². The van der Waals surface area contributed by atoms with Gasteiger partial charge in [0.25, 0.3) is 11.1 Å². The molecule has 5 heteroatoms. The van der Waals surface area contributed by atoms with Crippen molar-refractivity contribution in [2.75, 3.05) is 5.75 Å². The minimum Gasteiger partial charge on any atom is -0.268 e. The lowest BCUT2D eigenvalue weighted by Gasteiger charge is -2.15. The zero-order chi connectivity index (χ0) is 13.0. The molecule has 0 fully saturated rings. The molecule has 0 bridgehead atoms. The molecule has 1 aromatic carbocycles. The summed E-state index contributed by atoms with van der Waals surface area (Å²) in [6, 6.07) is 12.3. The third-order valence-electron chi connectivity index (χ3n) is 2.78. The Kier molecular flexibility index (Phi) is 4.04. The summed E-state index contributed by atoms with van der Waals surface area (Å²) in [4.78, 5) is 22.8. The van der Waals surface area contributed by atoms with Crippen LogP contribution < -0.4 is 11.1 Å². The van der Waals surface area contributed by atoms with Gasteiger partial charge in [0, 0.05) is 18.1 Å². The van der Waals surface area contributed by atoms with Crippen LogP contribution in [0.15, 0.2) is 52.1 Å². The Morgan fingerprint density at radius 3 is 2.50 bits per heavy atom. The molecular formula is C13H14N2O2S. The van der Waals surface area contributed by atoms with Crippen molar-refractivity contribution in [2.45, 2.75) is 12.5 Å². The van der Waals surface area contributed by atoms with Crippen molar-refractivity contribution in [1.29, 1.82) is 0 Å². The molecule has 1 unspecified atom stereocenters. The molecule has 94 valence electrons. The fraction of sp³-hybridized carbons (Fsp3) is 0.231. The van der Waals surface area contributed by atoms with Gasteiger partial charge in [0.2, 0.25) is 0 Å². The van der Waals surface area contributed by atoms with Crippen LogP contribution in [0.2, 0.25) is 0 Å². The third-order valence-corrected chi connectivity index (χ3v) is 3.22. The number of nitrogens with zero attached hydrogens (tertiary/aromatic N) is 1. The Morgan fingerprint density at radius 1 is 1.11 bits per heavy atom. The second kappa shape index (κ2) is 5.73. The molecule has 1 atom stereocenters. The molecule has 0 aliphatic heterocycles.